The average Bonchev–Trinajstić information content (AvgIpc) is 3.35. The van der Waals surface area contributed by atoms with Crippen LogP contribution in [0.4, 0.5) is 0 Å². The molecule has 154 valence electrons. The number of fused-ring (bicyclic) bond motifs is 1. The van der Waals surface area contributed by atoms with Crippen LogP contribution in [0.2, 0.25) is 5.02 Å². The van der Waals surface area contributed by atoms with Gasteiger partial charge in [0.1, 0.15) is 6.10 Å². The number of halogens is 1. The lowest BCUT2D eigenvalue weighted by atomic mass is 10.0. The summed E-state index contributed by atoms with van der Waals surface area (Å²) in [5, 5.41) is 14.6. The molecule has 1 saturated heterocycles. The first-order valence-corrected chi connectivity index (χ1v) is 10.8. The second-order valence-electron chi connectivity index (χ2n) is 8.27. The molecule has 2 aliphatic rings. The number of carbonyl (C=O) groups excluding carboxylic acids is 1. The average molecular weight is 414 g/mol. The third kappa shape index (κ3) is 5.16. The fourth-order valence-electron chi connectivity index (χ4n) is 4.58. The molecule has 2 aromatic rings. The second-order valence-corrected chi connectivity index (χ2v) is 8.71. The number of aliphatic hydroxyl groups excluding tert-OH is 1. The number of nitrogens with zero attached hydrogens (tertiary/aromatic N) is 2. The van der Waals surface area contributed by atoms with Crippen molar-refractivity contribution in [1.82, 2.24) is 15.2 Å². The van der Waals surface area contributed by atoms with Gasteiger partial charge < -0.3 is 15.3 Å². The molecule has 2 heterocycles. The Labute approximate surface area is 177 Å². The van der Waals surface area contributed by atoms with Crippen molar-refractivity contribution in [3.63, 3.8) is 0 Å². The zero-order chi connectivity index (χ0) is 20.2. The highest BCUT2D eigenvalue weighted by molar-refractivity contribution is 6.30. The summed E-state index contributed by atoms with van der Waals surface area (Å²) < 4.78 is 0. The number of hydrogen-bond donors (Lipinski definition) is 2. The highest BCUT2D eigenvalue weighted by Gasteiger charge is 2.29. The van der Waals surface area contributed by atoms with Crippen LogP contribution in [0.1, 0.15) is 42.2 Å². The summed E-state index contributed by atoms with van der Waals surface area (Å²) in [6.07, 6.45) is 5.38. The van der Waals surface area contributed by atoms with Gasteiger partial charge in [0, 0.05) is 24.2 Å². The van der Waals surface area contributed by atoms with E-state index in [0.29, 0.717) is 29.6 Å². The molecule has 1 fully saturated rings. The Bertz CT molecular complexity index is 829. The fourth-order valence-corrected chi connectivity index (χ4v) is 4.75. The van der Waals surface area contributed by atoms with Crippen molar-refractivity contribution in [1.29, 1.82) is 0 Å². The molecule has 1 aromatic carbocycles. The van der Waals surface area contributed by atoms with Gasteiger partial charge in [-0.05, 0) is 68.0 Å². The molecule has 2 unspecified atom stereocenters. The number of carbonyl (C=O) groups is 1. The number of hydrogen-bond acceptors (Lipinski definition) is 4. The molecule has 0 bridgehead atoms. The first-order valence-electron chi connectivity index (χ1n) is 10.5. The normalized spacial score (nSPS) is 19.1. The Kier molecular flexibility index (Phi) is 6.48. The Morgan fingerprint density at radius 2 is 1.90 bits per heavy atom. The van der Waals surface area contributed by atoms with Crippen LogP contribution in [-0.2, 0) is 17.6 Å². The molecule has 1 aromatic heterocycles. The summed E-state index contributed by atoms with van der Waals surface area (Å²) in [5.74, 6) is 0.314. The van der Waals surface area contributed by atoms with Crippen molar-refractivity contribution < 1.29 is 9.90 Å². The number of nitrogens with one attached hydrogen (secondary N) is 1. The monoisotopic (exact) mass is 413 g/mol. The maximum atomic E-state index is 12.8. The first kappa shape index (κ1) is 20.3. The van der Waals surface area contributed by atoms with Crippen molar-refractivity contribution in [2.45, 2.75) is 44.2 Å². The van der Waals surface area contributed by atoms with Gasteiger partial charge in [0.05, 0.1) is 11.7 Å². The lowest BCUT2D eigenvalue weighted by molar-refractivity contribution is -0.123. The van der Waals surface area contributed by atoms with Crippen LogP contribution in [0.25, 0.3) is 0 Å². The first-order chi connectivity index (χ1) is 14.1. The number of aromatic nitrogens is 1. The summed E-state index contributed by atoms with van der Waals surface area (Å²) in [6, 6.07) is 11.4. The fraction of sp³-hybridized carbons (Fsp3) is 0.478. The number of amides is 1. The molecule has 1 aliphatic heterocycles. The molecule has 1 aliphatic carbocycles. The molecule has 0 radical (unpaired) electrons. The number of pyridine rings is 1. The summed E-state index contributed by atoms with van der Waals surface area (Å²) in [6.45, 7) is 2.62. The minimum atomic E-state index is -0.890. The van der Waals surface area contributed by atoms with Gasteiger partial charge in [0.2, 0.25) is 5.91 Å². The molecule has 2 atom stereocenters. The lowest BCUT2D eigenvalue weighted by Gasteiger charge is -2.28. The van der Waals surface area contributed by atoms with E-state index in [1.54, 1.807) is 18.3 Å². The van der Waals surface area contributed by atoms with Gasteiger partial charge in [-0.2, -0.15) is 0 Å². The summed E-state index contributed by atoms with van der Waals surface area (Å²) in [5.41, 5.74) is 3.19. The van der Waals surface area contributed by atoms with E-state index in [4.69, 9.17) is 11.6 Å². The van der Waals surface area contributed by atoms with Crippen LogP contribution in [0.15, 0.2) is 42.6 Å². The molecular weight excluding hydrogens is 386 g/mol. The largest absolute Gasteiger partial charge is 0.385 e. The van der Waals surface area contributed by atoms with E-state index in [0.717, 1.165) is 38.8 Å². The molecule has 6 heteroatoms. The quantitative estimate of drug-likeness (QED) is 0.731. The second kappa shape index (κ2) is 9.24. The maximum Gasteiger partial charge on any atom is 0.220 e. The number of aliphatic hydroxyl groups is 1. The lowest BCUT2D eigenvalue weighted by Crippen LogP contribution is -2.47. The molecule has 2 N–H and O–H groups in total. The zero-order valence-electron chi connectivity index (χ0n) is 16.6. The van der Waals surface area contributed by atoms with Crippen molar-refractivity contribution >= 4 is 17.5 Å². The highest BCUT2D eigenvalue weighted by Crippen LogP contribution is 2.29. The van der Waals surface area contributed by atoms with E-state index >= 15 is 0 Å². The standard InChI is InChI=1S/C23H28ClN3O2/c24-19-7-8-25-20(14-19)23(29)21(15-27-9-3-4-10-27)26-22(28)13-16-11-17-5-1-2-6-18(17)12-16/h1-2,5-8,14,16,21,23,29H,3-4,9-13,15H2,(H,26,28). The van der Waals surface area contributed by atoms with Gasteiger partial charge in [-0.3, -0.25) is 9.78 Å². The minimum absolute atomic E-state index is 0.00641. The number of benzene rings is 1. The summed E-state index contributed by atoms with van der Waals surface area (Å²) in [7, 11) is 0. The molecule has 29 heavy (non-hydrogen) atoms. The van der Waals surface area contributed by atoms with E-state index in [1.165, 1.54) is 11.1 Å². The van der Waals surface area contributed by atoms with E-state index in [9.17, 15) is 9.90 Å². The minimum Gasteiger partial charge on any atom is -0.385 e. The van der Waals surface area contributed by atoms with Crippen LogP contribution in [0.3, 0.4) is 0 Å². The molecule has 1 amide bonds. The van der Waals surface area contributed by atoms with Crippen molar-refractivity contribution in [2.24, 2.45) is 5.92 Å². The van der Waals surface area contributed by atoms with Crippen molar-refractivity contribution in [3.05, 3.63) is 64.4 Å². The van der Waals surface area contributed by atoms with E-state index < -0.39 is 12.1 Å². The molecule has 4 rings (SSSR count). The number of rotatable bonds is 7. The molecule has 5 nitrogen and oxygen atoms in total. The van der Waals surface area contributed by atoms with Gasteiger partial charge in [-0.15, -0.1) is 0 Å². The van der Waals surface area contributed by atoms with Crippen LogP contribution in [-0.4, -0.2) is 46.6 Å². The van der Waals surface area contributed by atoms with E-state index in [1.807, 2.05) is 0 Å². The van der Waals surface area contributed by atoms with Gasteiger partial charge in [0.25, 0.3) is 0 Å². The highest BCUT2D eigenvalue weighted by atomic mass is 35.5. The Hall–Kier alpha value is -1.95. The van der Waals surface area contributed by atoms with Crippen LogP contribution < -0.4 is 5.32 Å². The third-order valence-corrected chi connectivity index (χ3v) is 6.27. The third-order valence-electron chi connectivity index (χ3n) is 6.04. The Morgan fingerprint density at radius 3 is 2.55 bits per heavy atom. The van der Waals surface area contributed by atoms with Crippen molar-refractivity contribution in [2.75, 3.05) is 19.6 Å². The maximum absolute atomic E-state index is 12.8. The van der Waals surface area contributed by atoms with Crippen molar-refractivity contribution in [3.8, 4) is 0 Å². The topological polar surface area (TPSA) is 65.5 Å². The Morgan fingerprint density at radius 1 is 1.21 bits per heavy atom. The van der Waals surface area contributed by atoms with Gasteiger partial charge in [0.15, 0.2) is 0 Å². The van der Waals surface area contributed by atoms with Crippen LogP contribution in [0, 0.1) is 5.92 Å². The summed E-state index contributed by atoms with van der Waals surface area (Å²) >= 11 is 6.08. The predicted octanol–water partition coefficient (Wildman–Crippen LogP) is 3.15. The molecular formula is C23H28ClN3O2. The Balaban J connectivity index is 1.41. The van der Waals surface area contributed by atoms with E-state index in [-0.39, 0.29) is 5.91 Å². The van der Waals surface area contributed by atoms with Gasteiger partial charge in [-0.1, -0.05) is 35.9 Å². The van der Waals surface area contributed by atoms with Gasteiger partial charge in [-0.25, -0.2) is 0 Å². The van der Waals surface area contributed by atoms with E-state index in [2.05, 4.69) is 39.5 Å². The van der Waals surface area contributed by atoms with Crippen LogP contribution >= 0.6 is 11.6 Å². The molecule has 0 saturated carbocycles. The zero-order valence-corrected chi connectivity index (χ0v) is 17.3. The number of likely N-dealkylation sites (tertiary alicyclic amines) is 1. The SMILES string of the molecule is O=C(CC1Cc2ccccc2C1)NC(CN1CCCC1)C(O)c1cc(Cl)ccn1. The predicted molar refractivity (Wildman–Crippen MR) is 114 cm³/mol. The smallest absolute Gasteiger partial charge is 0.220 e. The van der Waals surface area contributed by atoms with Gasteiger partial charge >= 0.3 is 0 Å². The van der Waals surface area contributed by atoms with Crippen LogP contribution in [0.5, 0.6) is 0 Å². The summed E-state index contributed by atoms with van der Waals surface area (Å²) in [4.78, 5) is 19.4. The molecule has 0 spiro atoms.